The highest BCUT2D eigenvalue weighted by atomic mass is 32.1. The van der Waals surface area contributed by atoms with E-state index in [2.05, 4.69) is 9.97 Å². The van der Waals surface area contributed by atoms with Gasteiger partial charge in [0, 0.05) is 16.5 Å². The van der Waals surface area contributed by atoms with Crippen molar-refractivity contribution in [2.24, 2.45) is 0 Å². The Labute approximate surface area is 94.3 Å². The van der Waals surface area contributed by atoms with Gasteiger partial charge < -0.3 is 5.11 Å². The third kappa shape index (κ3) is 2.40. The maximum Gasteiger partial charge on any atom is 0.308 e. The molecule has 0 aliphatic rings. The van der Waals surface area contributed by atoms with Crippen LogP contribution in [0, 0.1) is 6.92 Å². The molecule has 15 heavy (non-hydrogen) atoms. The van der Waals surface area contributed by atoms with Crippen molar-refractivity contribution in [1.29, 1.82) is 0 Å². The second-order valence-corrected chi connectivity index (χ2v) is 5.13. The Morgan fingerprint density at radius 3 is 3.00 bits per heavy atom. The molecule has 2 heterocycles. The van der Waals surface area contributed by atoms with E-state index >= 15 is 0 Å². The van der Waals surface area contributed by atoms with Crippen molar-refractivity contribution in [1.82, 2.24) is 9.97 Å². The number of hydrogen-bond donors (Lipinski definition) is 1. The number of carboxylic acids is 1. The van der Waals surface area contributed by atoms with Gasteiger partial charge in [0.2, 0.25) is 0 Å². The van der Waals surface area contributed by atoms with Gasteiger partial charge in [-0.05, 0) is 6.92 Å². The summed E-state index contributed by atoms with van der Waals surface area (Å²) in [5.41, 5.74) is 0.833. The highest BCUT2D eigenvalue weighted by Crippen LogP contribution is 2.26. The van der Waals surface area contributed by atoms with Gasteiger partial charge in [0.15, 0.2) is 0 Å². The van der Waals surface area contributed by atoms with Crippen LogP contribution in [-0.4, -0.2) is 21.0 Å². The largest absolute Gasteiger partial charge is 0.481 e. The van der Waals surface area contributed by atoms with Crippen LogP contribution in [0.1, 0.15) is 9.88 Å². The Hall–Kier alpha value is -1.27. The van der Waals surface area contributed by atoms with Crippen molar-refractivity contribution in [3.8, 4) is 10.7 Å². The molecule has 0 saturated heterocycles. The molecule has 0 aromatic carbocycles. The molecule has 78 valence electrons. The van der Waals surface area contributed by atoms with Crippen molar-refractivity contribution >= 4 is 28.6 Å². The number of rotatable bonds is 3. The van der Waals surface area contributed by atoms with E-state index < -0.39 is 5.97 Å². The Balaban J connectivity index is 2.23. The van der Waals surface area contributed by atoms with Gasteiger partial charge in [0.05, 0.1) is 11.4 Å². The first-order valence-electron chi connectivity index (χ1n) is 4.24. The monoisotopic (exact) mass is 240 g/mol. The van der Waals surface area contributed by atoms with Gasteiger partial charge >= 0.3 is 5.97 Å². The van der Waals surface area contributed by atoms with Crippen LogP contribution in [-0.2, 0) is 11.2 Å². The number of aryl methyl sites for hydroxylation is 1. The van der Waals surface area contributed by atoms with Crippen LogP contribution < -0.4 is 0 Å². The van der Waals surface area contributed by atoms with Crippen molar-refractivity contribution in [3.05, 3.63) is 21.5 Å². The lowest BCUT2D eigenvalue weighted by molar-refractivity contribution is -0.136. The number of nitrogens with zero attached hydrogens (tertiary/aromatic N) is 2. The summed E-state index contributed by atoms with van der Waals surface area (Å²) < 4.78 is 0. The average Bonchev–Trinajstić information content (AvgIpc) is 2.72. The standard InChI is InChI=1S/C9H8N2O2S2/c1-5-11-7(4-14-5)9-10-3-6(15-9)2-8(12)13/h3-4H,2H2,1H3,(H,12,13). The normalized spacial score (nSPS) is 10.5. The molecule has 0 spiro atoms. The lowest BCUT2D eigenvalue weighted by Crippen LogP contribution is -1.97. The lowest BCUT2D eigenvalue weighted by atomic mass is 10.4. The van der Waals surface area contributed by atoms with Crippen molar-refractivity contribution < 1.29 is 9.90 Å². The van der Waals surface area contributed by atoms with Gasteiger partial charge in [0.25, 0.3) is 0 Å². The van der Waals surface area contributed by atoms with Crippen LogP contribution in [0.4, 0.5) is 0 Å². The third-order valence-electron chi connectivity index (χ3n) is 1.72. The number of thiazole rings is 2. The second kappa shape index (κ2) is 4.08. The summed E-state index contributed by atoms with van der Waals surface area (Å²) >= 11 is 2.94. The molecule has 2 rings (SSSR count). The minimum absolute atomic E-state index is 0.0286. The van der Waals surface area contributed by atoms with Crippen molar-refractivity contribution in [2.45, 2.75) is 13.3 Å². The summed E-state index contributed by atoms with van der Waals surface area (Å²) in [5, 5.41) is 12.3. The topological polar surface area (TPSA) is 63.1 Å². The van der Waals surface area contributed by atoms with E-state index in [0.717, 1.165) is 20.6 Å². The van der Waals surface area contributed by atoms with Gasteiger partial charge in [-0.1, -0.05) is 0 Å². The maximum atomic E-state index is 10.5. The van der Waals surface area contributed by atoms with Crippen LogP contribution in [0.5, 0.6) is 0 Å². The quantitative estimate of drug-likeness (QED) is 0.893. The minimum atomic E-state index is -0.834. The van der Waals surface area contributed by atoms with E-state index in [1.807, 2.05) is 12.3 Å². The first kappa shape index (κ1) is 10.3. The van der Waals surface area contributed by atoms with Crippen molar-refractivity contribution in [3.63, 3.8) is 0 Å². The molecule has 0 aliphatic carbocycles. The zero-order chi connectivity index (χ0) is 10.8. The molecule has 0 amide bonds. The van der Waals surface area contributed by atoms with Crippen LogP contribution in [0.15, 0.2) is 11.6 Å². The van der Waals surface area contributed by atoms with Crippen LogP contribution in [0.3, 0.4) is 0 Å². The van der Waals surface area contributed by atoms with Gasteiger partial charge in [0.1, 0.15) is 10.7 Å². The molecular formula is C9H8N2O2S2. The van der Waals surface area contributed by atoms with E-state index in [1.54, 1.807) is 17.5 Å². The fraction of sp³-hybridized carbons (Fsp3) is 0.222. The second-order valence-electron chi connectivity index (χ2n) is 2.95. The van der Waals surface area contributed by atoms with E-state index in [-0.39, 0.29) is 6.42 Å². The summed E-state index contributed by atoms with van der Waals surface area (Å²) in [7, 11) is 0. The number of aromatic nitrogens is 2. The van der Waals surface area contributed by atoms with Gasteiger partial charge in [-0.2, -0.15) is 0 Å². The van der Waals surface area contributed by atoms with Gasteiger partial charge in [-0.3, -0.25) is 4.79 Å². The van der Waals surface area contributed by atoms with E-state index in [0.29, 0.717) is 0 Å². The number of hydrogen-bond acceptors (Lipinski definition) is 5. The first-order chi connectivity index (χ1) is 7.15. The SMILES string of the molecule is Cc1nc(-c2ncc(CC(=O)O)s2)cs1. The molecule has 2 aromatic heterocycles. The van der Waals surface area contributed by atoms with E-state index in [9.17, 15) is 4.79 Å². The number of carboxylic acid groups (broad SMARTS) is 1. The molecule has 0 atom stereocenters. The predicted molar refractivity (Wildman–Crippen MR) is 59.3 cm³/mol. The van der Waals surface area contributed by atoms with Crippen molar-refractivity contribution in [2.75, 3.05) is 0 Å². The highest BCUT2D eigenvalue weighted by molar-refractivity contribution is 7.15. The Morgan fingerprint density at radius 1 is 1.60 bits per heavy atom. The van der Waals surface area contributed by atoms with Gasteiger partial charge in [-0.25, -0.2) is 9.97 Å². The summed E-state index contributed by atoms with van der Waals surface area (Å²) in [5.74, 6) is -0.834. The fourth-order valence-corrected chi connectivity index (χ4v) is 2.65. The molecule has 0 bridgehead atoms. The molecule has 1 N–H and O–H groups in total. The van der Waals surface area contributed by atoms with Gasteiger partial charge in [-0.15, -0.1) is 22.7 Å². The van der Waals surface area contributed by atoms with Crippen LogP contribution in [0.2, 0.25) is 0 Å². The summed E-state index contributed by atoms with van der Waals surface area (Å²) in [6, 6.07) is 0. The molecular weight excluding hydrogens is 232 g/mol. The smallest absolute Gasteiger partial charge is 0.308 e. The zero-order valence-electron chi connectivity index (χ0n) is 7.93. The molecule has 0 fully saturated rings. The average molecular weight is 240 g/mol. The van der Waals surface area contributed by atoms with E-state index in [1.165, 1.54) is 11.3 Å². The van der Waals surface area contributed by atoms with Crippen LogP contribution in [0.25, 0.3) is 10.7 Å². The van der Waals surface area contributed by atoms with Crippen LogP contribution >= 0.6 is 22.7 Å². The summed E-state index contributed by atoms with van der Waals surface area (Å²) in [6.07, 6.45) is 1.63. The Morgan fingerprint density at radius 2 is 2.40 bits per heavy atom. The molecule has 4 nitrogen and oxygen atoms in total. The molecule has 0 aliphatic heterocycles. The lowest BCUT2D eigenvalue weighted by Gasteiger charge is -1.87. The number of carbonyl (C=O) groups is 1. The molecule has 6 heteroatoms. The number of aliphatic carboxylic acids is 1. The fourth-order valence-electron chi connectivity index (χ4n) is 1.12. The predicted octanol–water partition coefficient (Wildman–Crippen LogP) is 2.20. The summed E-state index contributed by atoms with van der Waals surface area (Å²) in [4.78, 5) is 19.7. The molecule has 2 aromatic rings. The molecule has 0 saturated carbocycles. The van der Waals surface area contributed by atoms with E-state index in [4.69, 9.17) is 5.11 Å². The third-order valence-corrected chi connectivity index (χ3v) is 3.51. The Bertz CT molecular complexity index is 490. The summed E-state index contributed by atoms with van der Waals surface area (Å²) in [6.45, 7) is 1.93. The zero-order valence-corrected chi connectivity index (χ0v) is 9.56. The maximum absolute atomic E-state index is 10.5. The highest BCUT2D eigenvalue weighted by Gasteiger charge is 2.09. The Kier molecular flexibility index (Phi) is 2.79. The minimum Gasteiger partial charge on any atom is -0.481 e. The first-order valence-corrected chi connectivity index (χ1v) is 5.94. The molecule has 0 radical (unpaired) electrons. The molecule has 0 unspecified atom stereocenters.